The Kier molecular flexibility index (Phi) is 4.78. The van der Waals surface area contributed by atoms with Crippen LogP contribution >= 0.6 is 22.7 Å². The zero-order chi connectivity index (χ0) is 18.2. The molecular weight excluding hydrogens is 382 g/mol. The first kappa shape index (κ1) is 17.8. The minimum Gasteiger partial charge on any atom is -0.451 e. The van der Waals surface area contributed by atoms with Crippen molar-refractivity contribution in [2.24, 2.45) is 0 Å². The van der Waals surface area contributed by atoms with E-state index in [0.29, 0.717) is 5.13 Å². The Morgan fingerprint density at radius 2 is 2.00 bits per heavy atom. The van der Waals surface area contributed by atoms with E-state index in [4.69, 9.17) is 4.42 Å². The van der Waals surface area contributed by atoms with Gasteiger partial charge >= 0.3 is 0 Å². The summed E-state index contributed by atoms with van der Waals surface area (Å²) < 4.78 is 30.4. The fourth-order valence-corrected chi connectivity index (χ4v) is 4.55. The lowest BCUT2D eigenvalue weighted by atomic mass is 10.3. The van der Waals surface area contributed by atoms with Gasteiger partial charge in [-0.3, -0.25) is 10.1 Å². The highest BCUT2D eigenvalue weighted by Crippen LogP contribution is 2.34. The molecule has 0 bridgehead atoms. The lowest BCUT2D eigenvalue weighted by molar-refractivity contribution is 0.102. The molecular formula is C15H15N3O4S3. The van der Waals surface area contributed by atoms with Crippen LogP contribution in [0.15, 0.2) is 34.0 Å². The van der Waals surface area contributed by atoms with E-state index >= 15 is 0 Å². The van der Waals surface area contributed by atoms with Crippen molar-refractivity contribution in [1.82, 2.24) is 9.71 Å². The molecule has 0 saturated heterocycles. The maximum atomic E-state index is 12.3. The van der Waals surface area contributed by atoms with Gasteiger partial charge in [0, 0.05) is 15.8 Å². The normalized spacial score (nSPS) is 11.6. The molecule has 0 aliphatic heterocycles. The summed E-state index contributed by atoms with van der Waals surface area (Å²) in [5, 5.41) is 2.81. The highest BCUT2D eigenvalue weighted by Gasteiger charge is 2.20. The van der Waals surface area contributed by atoms with Crippen molar-refractivity contribution in [2.75, 3.05) is 12.4 Å². The molecule has 0 aliphatic rings. The molecule has 0 spiro atoms. The van der Waals surface area contributed by atoms with Crippen LogP contribution in [0, 0.1) is 13.8 Å². The number of thiophene rings is 1. The Morgan fingerprint density at radius 1 is 1.24 bits per heavy atom. The molecule has 3 aromatic rings. The SMILES string of the molecule is CNS(=O)(=O)c1cc(C(=O)Nc2nc(-c3ccc(C)s3)c(C)s2)co1. The van der Waals surface area contributed by atoms with E-state index in [9.17, 15) is 13.2 Å². The Balaban J connectivity index is 1.80. The van der Waals surface area contributed by atoms with E-state index in [-0.39, 0.29) is 10.7 Å². The van der Waals surface area contributed by atoms with E-state index in [1.54, 1.807) is 11.3 Å². The number of amides is 1. The zero-order valence-corrected chi connectivity index (χ0v) is 16.1. The van der Waals surface area contributed by atoms with Crippen LogP contribution < -0.4 is 10.0 Å². The van der Waals surface area contributed by atoms with Gasteiger partial charge in [0.25, 0.3) is 15.9 Å². The van der Waals surface area contributed by atoms with Crippen LogP contribution in [0.3, 0.4) is 0 Å². The van der Waals surface area contributed by atoms with Gasteiger partial charge in [0.2, 0.25) is 5.09 Å². The predicted molar refractivity (Wildman–Crippen MR) is 97.8 cm³/mol. The molecule has 0 atom stereocenters. The standard InChI is InChI=1S/C15H15N3O4S3/c1-8-4-5-11(23-8)13-9(2)24-15(17-13)18-14(19)10-6-12(22-7-10)25(20,21)16-3/h4-7,16H,1-3H3,(H,17,18,19). The maximum absolute atomic E-state index is 12.3. The first-order chi connectivity index (χ1) is 11.8. The smallest absolute Gasteiger partial charge is 0.273 e. The first-order valence-electron chi connectivity index (χ1n) is 7.18. The van der Waals surface area contributed by atoms with Crippen molar-refractivity contribution in [2.45, 2.75) is 18.9 Å². The molecule has 1 amide bonds. The second-order valence-electron chi connectivity index (χ2n) is 5.15. The molecule has 0 fully saturated rings. The van der Waals surface area contributed by atoms with Gasteiger partial charge in [0.15, 0.2) is 5.13 Å². The van der Waals surface area contributed by atoms with E-state index in [1.807, 2.05) is 26.0 Å². The minimum atomic E-state index is -3.73. The van der Waals surface area contributed by atoms with Gasteiger partial charge in [-0.25, -0.2) is 18.1 Å². The molecule has 25 heavy (non-hydrogen) atoms. The summed E-state index contributed by atoms with van der Waals surface area (Å²) in [6.45, 7) is 3.96. The van der Waals surface area contributed by atoms with Crippen LogP contribution in [0.25, 0.3) is 10.6 Å². The first-order valence-corrected chi connectivity index (χ1v) is 10.3. The van der Waals surface area contributed by atoms with Gasteiger partial charge in [0.1, 0.15) is 6.26 Å². The van der Waals surface area contributed by atoms with Crippen molar-refractivity contribution in [1.29, 1.82) is 0 Å². The number of hydrogen-bond acceptors (Lipinski definition) is 7. The number of thiazole rings is 1. The van der Waals surface area contributed by atoms with Crippen molar-refractivity contribution in [3.05, 3.63) is 39.8 Å². The Bertz CT molecular complexity index is 1030. The van der Waals surface area contributed by atoms with Crippen LogP contribution in [0.1, 0.15) is 20.1 Å². The largest absolute Gasteiger partial charge is 0.451 e. The average Bonchev–Trinajstić information content (AvgIpc) is 3.27. The topological polar surface area (TPSA) is 101 Å². The third-order valence-corrected chi connectivity index (χ3v) is 6.54. The van der Waals surface area contributed by atoms with Gasteiger partial charge in [0.05, 0.1) is 16.1 Å². The highest BCUT2D eigenvalue weighted by atomic mass is 32.2. The molecule has 3 rings (SSSR count). The Labute approximate surface area is 152 Å². The van der Waals surface area contributed by atoms with Crippen molar-refractivity contribution >= 4 is 43.7 Å². The number of sulfonamides is 1. The summed E-state index contributed by atoms with van der Waals surface area (Å²) in [5.41, 5.74) is 0.944. The number of nitrogens with zero attached hydrogens (tertiary/aromatic N) is 1. The number of carbonyl (C=O) groups excluding carboxylic acids is 1. The Hall–Kier alpha value is -2.01. The van der Waals surface area contributed by atoms with Crippen molar-refractivity contribution in [3.8, 4) is 10.6 Å². The second kappa shape index (κ2) is 6.71. The molecule has 3 heterocycles. The van der Waals surface area contributed by atoms with Crippen LogP contribution in [0.4, 0.5) is 5.13 Å². The summed E-state index contributed by atoms with van der Waals surface area (Å²) in [5.74, 6) is -0.482. The zero-order valence-electron chi connectivity index (χ0n) is 13.6. The highest BCUT2D eigenvalue weighted by molar-refractivity contribution is 7.89. The number of furan rings is 1. The molecule has 0 radical (unpaired) electrons. The molecule has 10 heteroatoms. The fourth-order valence-electron chi connectivity index (χ4n) is 2.09. The maximum Gasteiger partial charge on any atom is 0.273 e. The van der Waals surface area contributed by atoms with E-state index in [2.05, 4.69) is 15.0 Å². The average molecular weight is 398 g/mol. The van der Waals surface area contributed by atoms with Gasteiger partial charge in [-0.2, -0.15) is 0 Å². The lowest BCUT2D eigenvalue weighted by Crippen LogP contribution is -2.18. The predicted octanol–water partition coefficient (Wildman–Crippen LogP) is 3.24. The van der Waals surface area contributed by atoms with Gasteiger partial charge in [-0.15, -0.1) is 22.7 Å². The van der Waals surface area contributed by atoms with Crippen LogP contribution in [0.5, 0.6) is 0 Å². The molecule has 7 nitrogen and oxygen atoms in total. The number of aryl methyl sites for hydroxylation is 2. The lowest BCUT2D eigenvalue weighted by Gasteiger charge is -1.97. The Morgan fingerprint density at radius 3 is 2.64 bits per heavy atom. The molecule has 2 N–H and O–H groups in total. The summed E-state index contributed by atoms with van der Waals surface area (Å²) in [4.78, 5) is 20.0. The molecule has 3 aromatic heterocycles. The minimum absolute atomic E-state index is 0.107. The summed E-state index contributed by atoms with van der Waals surface area (Å²) >= 11 is 3.00. The number of carbonyl (C=O) groups is 1. The van der Waals surface area contributed by atoms with E-state index in [1.165, 1.54) is 29.3 Å². The van der Waals surface area contributed by atoms with Gasteiger partial charge in [-0.1, -0.05) is 0 Å². The van der Waals surface area contributed by atoms with Crippen LogP contribution in [-0.2, 0) is 10.0 Å². The molecule has 0 aromatic carbocycles. The quantitative estimate of drug-likeness (QED) is 0.688. The number of nitrogens with one attached hydrogen (secondary N) is 2. The number of aromatic nitrogens is 1. The van der Waals surface area contributed by atoms with Gasteiger partial charge < -0.3 is 4.42 Å². The number of hydrogen-bond donors (Lipinski definition) is 2. The van der Waals surface area contributed by atoms with Crippen LogP contribution in [0.2, 0.25) is 0 Å². The molecule has 0 saturated carbocycles. The van der Waals surface area contributed by atoms with Crippen molar-refractivity contribution < 1.29 is 17.6 Å². The third kappa shape index (κ3) is 3.66. The third-order valence-electron chi connectivity index (χ3n) is 3.36. The van der Waals surface area contributed by atoms with E-state index < -0.39 is 15.9 Å². The van der Waals surface area contributed by atoms with Crippen LogP contribution in [-0.4, -0.2) is 26.4 Å². The molecule has 0 aliphatic carbocycles. The molecule has 0 unspecified atom stereocenters. The summed E-state index contributed by atoms with van der Waals surface area (Å²) in [7, 11) is -2.46. The number of rotatable bonds is 5. The van der Waals surface area contributed by atoms with E-state index in [0.717, 1.165) is 21.7 Å². The van der Waals surface area contributed by atoms with Crippen molar-refractivity contribution in [3.63, 3.8) is 0 Å². The molecule has 132 valence electrons. The number of anilines is 1. The summed E-state index contributed by atoms with van der Waals surface area (Å²) in [6.07, 6.45) is 1.10. The monoisotopic (exact) mass is 397 g/mol. The fraction of sp³-hybridized carbons (Fsp3) is 0.200. The van der Waals surface area contributed by atoms with Gasteiger partial charge in [-0.05, 0) is 33.0 Å². The second-order valence-corrected chi connectivity index (χ2v) is 9.46. The summed E-state index contributed by atoms with van der Waals surface area (Å²) in [6, 6.07) is 5.19.